The predicted octanol–water partition coefficient (Wildman–Crippen LogP) is 3.55. The molecule has 5 heteroatoms. The molecule has 114 valence electrons. The lowest BCUT2D eigenvalue weighted by Gasteiger charge is -2.08. The first-order valence-electron chi connectivity index (χ1n) is 6.81. The molecule has 0 fully saturated rings. The minimum absolute atomic E-state index is 0. The van der Waals surface area contributed by atoms with Gasteiger partial charge in [0.15, 0.2) is 0 Å². The highest BCUT2D eigenvalue weighted by atomic mass is 35.5. The van der Waals surface area contributed by atoms with Crippen molar-refractivity contribution < 1.29 is 14.3 Å². The first kappa shape index (κ1) is 17.2. The third-order valence-corrected chi connectivity index (χ3v) is 3.18. The van der Waals surface area contributed by atoms with Crippen molar-refractivity contribution in [3.63, 3.8) is 0 Å². The zero-order valence-corrected chi connectivity index (χ0v) is 13.1. The summed E-state index contributed by atoms with van der Waals surface area (Å²) in [5.74, 6) is 0.689. The SMILES string of the molecule is CCOC(=O)CCCc1cncc2ccc(OC)cc12.Cl. The lowest BCUT2D eigenvalue weighted by atomic mass is 10.0. The van der Waals surface area contributed by atoms with Crippen LogP contribution in [-0.4, -0.2) is 24.7 Å². The van der Waals surface area contributed by atoms with E-state index in [0.717, 1.165) is 34.9 Å². The summed E-state index contributed by atoms with van der Waals surface area (Å²) in [6.07, 6.45) is 5.69. The Morgan fingerprint density at radius 3 is 2.81 bits per heavy atom. The molecule has 0 spiro atoms. The average molecular weight is 310 g/mol. The minimum atomic E-state index is -0.140. The third kappa shape index (κ3) is 4.60. The van der Waals surface area contributed by atoms with E-state index in [1.54, 1.807) is 7.11 Å². The van der Waals surface area contributed by atoms with E-state index in [2.05, 4.69) is 4.98 Å². The van der Waals surface area contributed by atoms with E-state index in [9.17, 15) is 4.79 Å². The number of fused-ring (bicyclic) bond motifs is 1. The van der Waals surface area contributed by atoms with Crippen LogP contribution < -0.4 is 4.74 Å². The monoisotopic (exact) mass is 309 g/mol. The van der Waals surface area contributed by atoms with Crippen molar-refractivity contribution in [1.82, 2.24) is 4.98 Å². The third-order valence-electron chi connectivity index (χ3n) is 3.18. The molecule has 4 nitrogen and oxygen atoms in total. The fraction of sp³-hybridized carbons (Fsp3) is 0.375. The fourth-order valence-corrected chi connectivity index (χ4v) is 2.19. The van der Waals surface area contributed by atoms with Gasteiger partial charge in [0, 0.05) is 24.2 Å². The Bertz CT molecular complexity index is 601. The van der Waals surface area contributed by atoms with Gasteiger partial charge in [-0.05, 0) is 48.9 Å². The zero-order valence-electron chi connectivity index (χ0n) is 12.3. The Labute approximate surface area is 130 Å². The Morgan fingerprint density at radius 2 is 2.10 bits per heavy atom. The molecule has 0 saturated carbocycles. The number of nitrogens with zero attached hydrogens (tertiary/aromatic N) is 1. The molecule has 0 saturated heterocycles. The second-order valence-electron chi connectivity index (χ2n) is 4.54. The molecule has 21 heavy (non-hydrogen) atoms. The van der Waals surface area contributed by atoms with Gasteiger partial charge in [-0.25, -0.2) is 0 Å². The Kier molecular flexibility index (Phi) is 6.96. The van der Waals surface area contributed by atoms with Gasteiger partial charge in [0.25, 0.3) is 0 Å². The van der Waals surface area contributed by atoms with E-state index in [4.69, 9.17) is 9.47 Å². The van der Waals surface area contributed by atoms with E-state index in [1.807, 2.05) is 37.5 Å². The maximum atomic E-state index is 11.3. The maximum absolute atomic E-state index is 11.3. The summed E-state index contributed by atoms with van der Waals surface area (Å²) in [5.41, 5.74) is 1.13. The van der Waals surface area contributed by atoms with Gasteiger partial charge in [-0.1, -0.05) is 0 Å². The Morgan fingerprint density at radius 1 is 1.29 bits per heavy atom. The van der Waals surface area contributed by atoms with Crippen molar-refractivity contribution in [1.29, 1.82) is 0 Å². The molecule has 0 N–H and O–H groups in total. The van der Waals surface area contributed by atoms with Crippen molar-refractivity contribution in [2.24, 2.45) is 0 Å². The quantitative estimate of drug-likeness (QED) is 0.766. The molecule has 0 amide bonds. The molecule has 2 aromatic rings. The number of benzene rings is 1. The van der Waals surface area contributed by atoms with Crippen LogP contribution in [0.25, 0.3) is 10.8 Å². The molecule has 1 aromatic heterocycles. The number of rotatable bonds is 6. The van der Waals surface area contributed by atoms with Crippen molar-refractivity contribution in [3.05, 3.63) is 36.2 Å². The van der Waals surface area contributed by atoms with Gasteiger partial charge in [0.05, 0.1) is 13.7 Å². The van der Waals surface area contributed by atoms with Crippen LogP contribution in [0.2, 0.25) is 0 Å². The Hall–Kier alpha value is -1.81. The number of ether oxygens (including phenoxy) is 2. The van der Waals surface area contributed by atoms with E-state index >= 15 is 0 Å². The zero-order chi connectivity index (χ0) is 14.4. The molecule has 1 aromatic carbocycles. The molecular formula is C16H20ClNO3. The van der Waals surface area contributed by atoms with Crippen LogP contribution in [0.3, 0.4) is 0 Å². The number of hydrogen-bond donors (Lipinski definition) is 0. The van der Waals surface area contributed by atoms with Crippen molar-refractivity contribution in [2.45, 2.75) is 26.2 Å². The van der Waals surface area contributed by atoms with E-state index in [-0.39, 0.29) is 18.4 Å². The summed E-state index contributed by atoms with van der Waals surface area (Å²) in [7, 11) is 1.66. The number of methoxy groups -OCH3 is 1. The van der Waals surface area contributed by atoms with Crippen LogP contribution in [0.4, 0.5) is 0 Å². The number of aromatic nitrogens is 1. The summed E-state index contributed by atoms with van der Waals surface area (Å²) in [4.78, 5) is 15.6. The van der Waals surface area contributed by atoms with Gasteiger partial charge < -0.3 is 9.47 Å². The number of hydrogen-bond acceptors (Lipinski definition) is 4. The summed E-state index contributed by atoms with van der Waals surface area (Å²) >= 11 is 0. The van der Waals surface area contributed by atoms with Crippen molar-refractivity contribution in [2.75, 3.05) is 13.7 Å². The van der Waals surface area contributed by atoms with Gasteiger partial charge in [-0.2, -0.15) is 0 Å². The van der Waals surface area contributed by atoms with E-state index in [1.165, 1.54) is 0 Å². The van der Waals surface area contributed by atoms with Gasteiger partial charge in [-0.3, -0.25) is 9.78 Å². The smallest absolute Gasteiger partial charge is 0.305 e. The average Bonchev–Trinajstić information content (AvgIpc) is 2.47. The molecule has 0 bridgehead atoms. The number of aryl methyl sites for hydroxylation is 1. The second-order valence-corrected chi connectivity index (χ2v) is 4.54. The lowest BCUT2D eigenvalue weighted by Crippen LogP contribution is -2.04. The minimum Gasteiger partial charge on any atom is -0.497 e. The first-order chi connectivity index (χ1) is 9.74. The topological polar surface area (TPSA) is 48.4 Å². The maximum Gasteiger partial charge on any atom is 0.305 e. The highest BCUT2D eigenvalue weighted by Crippen LogP contribution is 2.24. The van der Waals surface area contributed by atoms with Crippen LogP contribution in [0, 0.1) is 0 Å². The number of carbonyl (C=O) groups is 1. The van der Waals surface area contributed by atoms with Crippen LogP contribution in [-0.2, 0) is 16.0 Å². The summed E-state index contributed by atoms with van der Waals surface area (Å²) in [6.45, 7) is 2.25. The van der Waals surface area contributed by atoms with Crippen LogP contribution >= 0.6 is 12.4 Å². The van der Waals surface area contributed by atoms with E-state index in [0.29, 0.717) is 13.0 Å². The Balaban J connectivity index is 0.00000220. The predicted molar refractivity (Wildman–Crippen MR) is 85.1 cm³/mol. The summed E-state index contributed by atoms with van der Waals surface area (Å²) in [5, 5.41) is 2.21. The van der Waals surface area contributed by atoms with E-state index < -0.39 is 0 Å². The molecule has 0 atom stereocenters. The van der Waals surface area contributed by atoms with Gasteiger partial charge in [-0.15, -0.1) is 12.4 Å². The normalized spacial score (nSPS) is 10.0. The second kappa shape index (κ2) is 8.47. The van der Waals surface area contributed by atoms with Crippen LogP contribution in [0.1, 0.15) is 25.3 Å². The molecule has 1 heterocycles. The molecule has 0 aliphatic heterocycles. The highest BCUT2D eigenvalue weighted by molar-refractivity contribution is 5.86. The highest BCUT2D eigenvalue weighted by Gasteiger charge is 2.06. The molecule has 0 radical (unpaired) electrons. The molecule has 0 aliphatic carbocycles. The molecule has 0 unspecified atom stereocenters. The van der Waals surface area contributed by atoms with Crippen molar-refractivity contribution in [3.8, 4) is 5.75 Å². The fourth-order valence-electron chi connectivity index (χ4n) is 2.19. The largest absolute Gasteiger partial charge is 0.497 e. The number of halogens is 1. The summed E-state index contributed by atoms with van der Waals surface area (Å²) in [6, 6.07) is 5.93. The van der Waals surface area contributed by atoms with Crippen LogP contribution in [0.15, 0.2) is 30.6 Å². The number of pyridine rings is 1. The standard InChI is InChI=1S/C16H19NO3.ClH/c1-3-20-16(18)6-4-5-12-10-17-11-13-7-8-14(19-2)9-15(12)13;/h7-11H,3-6H2,1-2H3;1H. The number of esters is 1. The summed E-state index contributed by atoms with van der Waals surface area (Å²) < 4.78 is 10.2. The molecule has 2 rings (SSSR count). The van der Waals surface area contributed by atoms with Gasteiger partial charge in [0.2, 0.25) is 0 Å². The lowest BCUT2D eigenvalue weighted by molar-refractivity contribution is -0.143. The number of carbonyl (C=O) groups excluding carboxylic acids is 1. The van der Waals surface area contributed by atoms with Crippen molar-refractivity contribution >= 4 is 29.1 Å². The van der Waals surface area contributed by atoms with Gasteiger partial charge >= 0.3 is 5.97 Å². The van der Waals surface area contributed by atoms with Crippen LogP contribution in [0.5, 0.6) is 5.75 Å². The molecular weight excluding hydrogens is 290 g/mol. The molecule has 0 aliphatic rings. The van der Waals surface area contributed by atoms with Gasteiger partial charge in [0.1, 0.15) is 5.75 Å². The first-order valence-corrected chi connectivity index (χ1v) is 6.81.